The van der Waals surface area contributed by atoms with E-state index in [0.717, 1.165) is 96.9 Å². The molecule has 16 aromatic carbocycles. The number of para-hydroxylation sites is 3. The lowest BCUT2D eigenvalue weighted by molar-refractivity contribution is 1.19. The van der Waals surface area contributed by atoms with E-state index in [1.807, 2.05) is 54.6 Å². The van der Waals surface area contributed by atoms with Crippen LogP contribution in [0.1, 0.15) is 22.3 Å². The lowest BCUT2D eigenvalue weighted by Gasteiger charge is -2.27. The molecule has 0 aromatic heterocycles. The van der Waals surface area contributed by atoms with Crippen LogP contribution in [0.25, 0.3) is 32.3 Å². The van der Waals surface area contributed by atoms with Gasteiger partial charge in [0.15, 0.2) is 0 Å². The summed E-state index contributed by atoms with van der Waals surface area (Å²) in [6.07, 6.45) is 1.78. The third-order valence-corrected chi connectivity index (χ3v) is 18.2. The Labute approximate surface area is 594 Å². The molecule has 0 atom stereocenters. The molecule has 0 saturated carbocycles. The summed E-state index contributed by atoms with van der Waals surface area (Å²) < 4.78 is 1.08. The number of nitrogens with zero attached hydrogens (tertiary/aromatic N) is 3. The van der Waals surface area contributed by atoms with Crippen LogP contribution in [-0.4, -0.2) is 0 Å². The van der Waals surface area contributed by atoms with Crippen molar-refractivity contribution in [2.75, 3.05) is 36.8 Å². The molecule has 0 saturated heterocycles. The Hall–Kier alpha value is -12.6. The van der Waals surface area contributed by atoms with Crippen LogP contribution in [-0.2, 0) is 12.8 Å². The van der Waals surface area contributed by atoms with Crippen molar-refractivity contribution in [3.05, 3.63) is 415 Å². The summed E-state index contributed by atoms with van der Waals surface area (Å²) in [6.45, 7) is 0. The van der Waals surface area contributed by atoms with Crippen LogP contribution in [0.2, 0.25) is 0 Å². The van der Waals surface area contributed by atoms with E-state index in [1.165, 1.54) is 60.3 Å². The number of nitrogens with two attached hydrogens (primary N) is 2. The van der Waals surface area contributed by atoms with Crippen molar-refractivity contribution in [1.29, 1.82) is 0 Å². The first kappa shape index (κ1) is 64.7. The van der Waals surface area contributed by atoms with Gasteiger partial charge in [-0.2, -0.15) is 0 Å². The van der Waals surface area contributed by atoms with Crippen LogP contribution in [0.4, 0.5) is 85.3 Å². The van der Waals surface area contributed by atoms with Crippen LogP contribution in [0.3, 0.4) is 0 Å². The molecule has 0 amide bonds. The molecule has 0 aliphatic heterocycles. The lowest BCUT2D eigenvalue weighted by Crippen LogP contribution is -2.10. The lowest BCUT2D eigenvalue weighted by atomic mass is 10.0. The van der Waals surface area contributed by atoms with Crippen molar-refractivity contribution in [1.82, 2.24) is 0 Å². The second-order valence-electron chi connectivity index (χ2n) is 24.6. The molecule has 8 heteroatoms. The van der Waals surface area contributed by atoms with Gasteiger partial charge in [0.1, 0.15) is 0 Å². The molecule has 0 aliphatic rings. The predicted octanol–water partition coefficient (Wildman–Crippen LogP) is 25.5. The Balaban J connectivity index is 0.000000176. The number of nitrogens with one attached hydrogen (secondary N) is 2. The fraction of sp³-hybridized carbons (Fsp3) is 0.0217. The maximum atomic E-state index is 5.62. The largest absolute Gasteiger partial charge is 0.399 e. The van der Waals surface area contributed by atoms with Gasteiger partial charge < -0.3 is 36.8 Å². The molecule has 6 N–H and O–H groups in total. The first-order valence-electron chi connectivity index (χ1n) is 33.6. The molecule has 16 aromatic rings. The van der Waals surface area contributed by atoms with E-state index in [0.29, 0.717) is 0 Å². The second-order valence-corrected chi connectivity index (χ2v) is 25.5. The van der Waals surface area contributed by atoms with Crippen LogP contribution in [0, 0.1) is 0 Å². The molecule has 7 nitrogen and oxygen atoms in total. The summed E-state index contributed by atoms with van der Waals surface area (Å²) >= 11 is 3.53. The van der Waals surface area contributed by atoms with E-state index >= 15 is 0 Å². The molecule has 0 aliphatic carbocycles. The molecule has 0 bridgehead atoms. The average molecular weight is 1360 g/mol. The summed E-state index contributed by atoms with van der Waals surface area (Å²) in [5, 5.41) is 14.6. The highest BCUT2D eigenvalue weighted by Crippen LogP contribution is 2.43. The molecule has 0 radical (unpaired) electrons. The minimum atomic E-state index is 0.802. The maximum absolute atomic E-state index is 5.62. The summed E-state index contributed by atoms with van der Waals surface area (Å²) in [6, 6.07) is 136. The monoisotopic (exact) mass is 1360 g/mol. The Morgan fingerprint density at radius 1 is 0.220 bits per heavy atom. The van der Waals surface area contributed by atoms with Crippen molar-refractivity contribution >= 4 is 134 Å². The number of fused-ring (bicyclic) bond motifs is 3. The Bertz CT molecular complexity index is 5020. The highest BCUT2D eigenvalue weighted by Gasteiger charge is 2.19. The summed E-state index contributed by atoms with van der Waals surface area (Å²) in [4.78, 5) is 6.96. The number of hydrogen-bond donors (Lipinski definition) is 4. The third-order valence-electron chi connectivity index (χ3n) is 17.7. The minimum Gasteiger partial charge on any atom is -0.399 e. The van der Waals surface area contributed by atoms with E-state index in [-0.39, 0.29) is 0 Å². The fourth-order valence-electron chi connectivity index (χ4n) is 12.7. The number of nitrogen functional groups attached to an aromatic ring is 2. The van der Waals surface area contributed by atoms with Gasteiger partial charge in [-0.05, 0) is 227 Å². The van der Waals surface area contributed by atoms with E-state index in [4.69, 9.17) is 11.5 Å². The predicted molar refractivity (Wildman–Crippen MR) is 430 cm³/mol. The zero-order chi connectivity index (χ0) is 67.8. The van der Waals surface area contributed by atoms with Crippen molar-refractivity contribution in [2.24, 2.45) is 0 Å². The van der Waals surface area contributed by atoms with Gasteiger partial charge in [-0.1, -0.05) is 228 Å². The van der Waals surface area contributed by atoms with Crippen molar-refractivity contribution in [3.8, 4) is 0 Å². The average Bonchev–Trinajstić information content (AvgIpc) is 0.794. The standard InChI is InChI=1S/C57H44N4.C22H16BrN.C13H14N2/c1-3-17-50(18-4-1)60(56-23-11-15-44-13-7-9-21-54(44)56)52-37-33-48(34-38-52)58-46-29-25-42(26-30-46)41-43-27-31-47(32-28-43)59-49-35-39-53(40-36-49)61(51-19-5-2-6-20-51)57-24-12-16-45-14-8-10-22-55(45)57;23-18-13-15-20(16-14-18)24(19-9-2-1-3-10-19)22-12-6-8-17-7-4-5-11-21(17)22;14-12-5-1-10(2-6-12)9-11-3-7-13(15)8-4-11/h1-40,58-59H,41H2;1-16H;1-8H,9,14-15H2. The molecule has 0 spiro atoms. The number of halogens is 1. The van der Waals surface area contributed by atoms with Crippen LogP contribution in [0.15, 0.2) is 393 Å². The molecule has 0 fully saturated rings. The van der Waals surface area contributed by atoms with Crippen molar-refractivity contribution in [2.45, 2.75) is 12.8 Å². The number of rotatable bonds is 17. The summed E-state index contributed by atoms with van der Waals surface area (Å²) in [5.41, 5.74) is 32.3. The molecule has 0 unspecified atom stereocenters. The zero-order valence-electron chi connectivity index (χ0n) is 55.2. The van der Waals surface area contributed by atoms with E-state index in [9.17, 15) is 0 Å². The quantitative estimate of drug-likeness (QED) is 0.0676. The van der Waals surface area contributed by atoms with Crippen molar-refractivity contribution < 1.29 is 0 Å². The smallest absolute Gasteiger partial charge is 0.0540 e. The SMILES string of the molecule is Brc1ccc(N(c2ccccc2)c2cccc3ccccc23)cc1.Nc1ccc(Cc2ccc(N)cc2)cc1.c1ccc(N(c2ccc(Nc3ccc(Cc4ccc(Nc5ccc(N(c6ccccc6)c6cccc7ccccc67)cc5)cc4)cc3)cc2)c2cccc3ccccc23)cc1. The van der Waals surface area contributed by atoms with E-state index < -0.39 is 0 Å². The summed E-state index contributed by atoms with van der Waals surface area (Å²) in [5.74, 6) is 0. The van der Waals surface area contributed by atoms with Gasteiger partial charge in [0.05, 0.1) is 17.1 Å². The number of hydrogen-bond acceptors (Lipinski definition) is 7. The van der Waals surface area contributed by atoms with E-state index in [1.54, 1.807) is 0 Å². The van der Waals surface area contributed by atoms with Crippen molar-refractivity contribution in [3.63, 3.8) is 0 Å². The molecular formula is C92H74BrN7. The van der Waals surface area contributed by atoms with Gasteiger partial charge in [-0.3, -0.25) is 0 Å². The van der Waals surface area contributed by atoms with Gasteiger partial charge in [0.2, 0.25) is 0 Å². The highest BCUT2D eigenvalue weighted by atomic mass is 79.9. The van der Waals surface area contributed by atoms with Gasteiger partial charge in [0, 0.05) is 88.9 Å². The number of benzene rings is 16. The topological polar surface area (TPSA) is 85.8 Å². The van der Waals surface area contributed by atoms with Crippen LogP contribution < -0.4 is 36.8 Å². The van der Waals surface area contributed by atoms with Crippen LogP contribution in [0.5, 0.6) is 0 Å². The number of anilines is 15. The van der Waals surface area contributed by atoms with Gasteiger partial charge in [0.25, 0.3) is 0 Å². The maximum Gasteiger partial charge on any atom is 0.0540 e. The Morgan fingerprint density at radius 2 is 0.450 bits per heavy atom. The Kier molecular flexibility index (Phi) is 20.1. The Morgan fingerprint density at radius 3 is 0.750 bits per heavy atom. The fourth-order valence-corrected chi connectivity index (χ4v) is 13.0. The van der Waals surface area contributed by atoms with Crippen LogP contribution >= 0.6 is 15.9 Å². The molecule has 0 heterocycles. The van der Waals surface area contributed by atoms with E-state index in [2.05, 4.69) is 375 Å². The minimum absolute atomic E-state index is 0.802. The first-order chi connectivity index (χ1) is 49.3. The molecule has 484 valence electrons. The van der Waals surface area contributed by atoms with Gasteiger partial charge in [-0.25, -0.2) is 0 Å². The third kappa shape index (κ3) is 15.8. The zero-order valence-corrected chi connectivity index (χ0v) is 56.8. The van der Waals surface area contributed by atoms with Gasteiger partial charge >= 0.3 is 0 Å². The normalized spacial score (nSPS) is 10.8. The first-order valence-corrected chi connectivity index (χ1v) is 34.4. The molecular weight excluding hydrogens is 1280 g/mol. The molecule has 100 heavy (non-hydrogen) atoms. The summed E-state index contributed by atoms with van der Waals surface area (Å²) in [7, 11) is 0. The van der Waals surface area contributed by atoms with Gasteiger partial charge in [-0.15, -0.1) is 0 Å². The highest BCUT2D eigenvalue weighted by molar-refractivity contribution is 9.10. The molecule has 16 rings (SSSR count). The second kappa shape index (κ2) is 31.1.